The molecule has 1 aliphatic rings. The van der Waals surface area contributed by atoms with Crippen LogP contribution in [-0.2, 0) is 15.4 Å². The summed E-state index contributed by atoms with van der Waals surface area (Å²) in [5, 5.41) is 14.8. The van der Waals surface area contributed by atoms with Crippen molar-refractivity contribution in [2.75, 3.05) is 20.1 Å². The first-order chi connectivity index (χ1) is 13.4. The Morgan fingerprint density at radius 1 is 1.00 bits per heavy atom. The predicted octanol–water partition coefficient (Wildman–Crippen LogP) is 2.48. The zero-order valence-electron chi connectivity index (χ0n) is 15.4. The molecule has 3 aromatic rings. The van der Waals surface area contributed by atoms with Gasteiger partial charge in [-0.3, -0.25) is 0 Å². The molecule has 0 aliphatic carbocycles. The van der Waals surface area contributed by atoms with Crippen LogP contribution in [0.15, 0.2) is 68.9 Å². The fourth-order valence-corrected chi connectivity index (χ4v) is 4.53. The maximum absolute atomic E-state index is 12.7. The first-order valence-electron chi connectivity index (χ1n) is 9.04. The first kappa shape index (κ1) is 18.8. The van der Waals surface area contributed by atoms with Gasteiger partial charge in [-0.25, -0.2) is 8.42 Å². The first-order valence-corrected chi connectivity index (χ1v) is 10.5. The van der Waals surface area contributed by atoms with Gasteiger partial charge in [-0.15, -0.1) is 0 Å². The van der Waals surface area contributed by atoms with E-state index in [1.165, 1.54) is 12.1 Å². The van der Waals surface area contributed by atoms with Crippen LogP contribution in [0.4, 0.5) is 0 Å². The van der Waals surface area contributed by atoms with Gasteiger partial charge in [0.25, 0.3) is 5.89 Å². The van der Waals surface area contributed by atoms with Crippen LogP contribution in [0.2, 0.25) is 0 Å². The van der Waals surface area contributed by atoms with Crippen LogP contribution >= 0.6 is 0 Å². The van der Waals surface area contributed by atoms with Crippen LogP contribution in [0.5, 0.6) is 0 Å². The smallest absolute Gasteiger partial charge is 0.259 e. The van der Waals surface area contributed by atoms with E-state index in [1.807, 2.05) is 7.05 Å². The minimum absolute atomic E-state index is 0.195. The van der Waals surface area contributed by atoms with Gasteiger partial charge >= 0.3 is 0 Å². The van der Waals surface area contributed by atoms with Crippen LogP contribution in [0.25, 0.3) is 11.4 Å². The molecular weight excluding hydrogens is 378 g/mol. The lowest BCUT2D eigenvalue weighted by Gasteiger charge is -2.33. The van der Waals surface area contributed by atoms with Gasteiger partial charge in [0.05, 0.1) is 9.79 Å². The summed E-state index contributed by atoms with van der Waals surface area (Å²) < 4.78 is 30.7. The highest BCUT2D eigenvalue weighted by atomic mass is 32.2. The standard InChI is InChI=1S/C20H21N3O4S/c1-23-13-11-20(24,12-14-23)19-21-18(22-27-19)15-7-9-17(10-8-15)28(25,26)16-5-3-2-4-6-16/h2-10,24H,11-14H2,1H3. The van der Waals surface area contributed by atoms with Gasteiger partial charge < -0.3 is 14.5 Å². The van der Waals surface area contributed by atoms with Gasteiger partial charge in [0.1, 0.15) is 5.60 Å². The fourth-order valence-electron chi connectivity index (χ4n) is 3.25. The summed E-state index contributed by atoms with van der Waals surface area (Å²) in [5.41, 5.74) is -0.493. The van der Waals surface area contributed by atoms with Crippen LogP contribution in [-0.4, -0.2) is 48.7 Å². The monoisotopic (exact) mass is 399 g/mol. The second-order valence-electron chi connectivity index (χ2n) is 7.10. The Morgan fingerprint density at radius 2 is 1.61 bits per heavy atom. The number of aromatic nitrogens is 2. The lowest BCUT2D eigenvalue weighted by Crippen LogP contribution is -2.40. The molecule has 0 saturated carbocycles. The molecule has 2 aromatic carbocycles. The maximum atomic E-state index is 12.7. The highest BCUT2D eigenvalue weighted by Crippen LogP contribution is 2.32. The molecule has 1 aromatic heterocycles. The summed E-state index contributed by atoms with van der Waals surface area (Å²) in [6, 6.07) is 14.6. The molecule has 0 atom stereocenters. The summed E-state index contributed by atoms with van der Waals surface area (Å²) in [4.78, 5) is 6.93. The number of benzene rings is 2. The SMILES string of the molecule is CN1CCC(O)(c2nc(-c3ccc(S(=O)(=O)c4ccccc4)cc3)no2)CC1. The average Bonchev–Trinajstić information content (AvgIpc) is 3.22. The Labute approximate surface area is 163 Å². The number of sulfone groups is 1. The number of piperidine rings is 1. The van der Waals surface area contributed by atoms with Crippen LogP contribution in [0.3, 0.4) is 0 Å². The van der Waals surface area contributed by atoms with Crippen molar-refractivity contribution in [3.8, 4) is 11.4 Å². The molecule has 8 heteroatoms. The fraction of sp³-hybridized carbons (Fsp3) is 0.300. The van der Waals surface area contributed by atoms with E-state index in [0.717, 1.165) is 13.1 Å². The van der Waals surface area contributed by atoms with Crippen molar-refractivity contribution in [1.82, 2.24) is 15.0 Å². The zero-order chi connectivity index (χ0) is 19.8. The van der Waals surface area contributed by atoms with E-state index in [0.29, 0.717) is 24.2 Å². The molecule has 2 heterocycles. The molecule has 0 radical (unpaired) electrons. The molecular formula is C20H21N3O4S. The van der Waals surface area contributed by atoms with Crippen molar-refractivity contribution < 1.29 is 18.0 Å². The van der Waals surface area contributed by atoms with E-state index in [9.17, 15) is 13.5 Å². The van der Waals surface area contributed by atoms with E-state index in [4.69, 9.17) is 4.52 Å². The molecule has 4 rings (SSSR count). The highest BCUT2D eigenvalue weighted by molar-refractivity contribution is 7.91. The molecule has 1 fully saturated rings. The summed E-state index contributed by atoms with van der Waals surface area (Å²) in [7, 11) is -1.57. The van der Waals surface area contributed by atoms with Gasteiger partial charge in [0, 0.05) is 18.7 Å². The third kappa shape index (κ3) is 3.46. The second-order valence-corrected chi connectivity index (χ2v) is 9.05. The summed E-state index contributed by atoms with van der Waals surface area (Å²) in [6.45, 7) is 1.50. The normalized spacial score (nSPS) is 17.5. The van der Waals surface area contributed by atoms with Crippen LogP contribution in [0.1, 0.15) is 18.7 Å². The van der Waals surface area contributed by atoms with Gasteiger partial charge in [-0.1, -0.05) is 23.4 Å². The molecule has 0 bridgehead atoms. The minimum Gasteiger partial charge on any atom is -0.380 e. The van der Waals surface area contributed by atoms with Gasteiger partial charge in [-0.2, -0.15) is 4.98 Å². The van der Waals surface area contributed by atoms with E-state index in [1.54, 1.807) is 42.5 Å². The van der Waals surface area contributed by atoms with Gasteiger partial charge in [-0.05, 0) is 56.3 Å². The van der Waals surface area contributed by atoms with E-state index < -0.39 is 15.4 Å². The molecule has 1 N–H and O–H groups in total. The molecule has 1 saturated heterocycles. The quantitative estimate of drug-likeness (QED) is 0.720. The van der Waals surface area contributed by atoms with Crippen molar-refractivity contribution in [3.63, 3.8) is 0 Å². The average molecular weight is 399 g/mol. The number of hydrogen-bond donors (Lipinski definition) is 1. The molecule has 0 unspecified atom stereocenters. The van der Waals surface area contributed by atoms with Crippen molar-refractivity contribution in [3.05, 3.63) is 60.5 Å². The molecule has 0 spiro atoms. The third-order valence-corrected chi connectivity index (χ3v) is 6.90. The van der Waals surface area contributed by atoms with Crippen molar-refractivity contribution in [2.45, 2.75) is 28.2 Å². The number of aliphatic hydroxyl groups is 1. The highest BCUT2D eigenvalue weighted by Gasteiger charge is 2.38. The molecule has 1 aliphatic heterocycles. The summed E-state index contributed by atoms with van der Waals surface area (Å²) in [6.07, 6.45) is 1.05. The zero-order valence-corrected chi connectivity index (χ0v) is 16.3. The van der Waals surface area contributed by atoms with Crippen molar-refractivity contribution in [2.24, 2.45) is 0 Å². The lowest BCUT2D eigenvalue weighted by atomic mass is 9.91. The molecule has 7 nitrogen and oxygen atoms in total. The Balaban J connectivity index is 1.58. The number of nitrogens with zero attached hydrogens (tertiary/aromatic N) is 3. The van der Waals surface area contributed by atoms with Crippen LogP contribution in [0, 0.1) is 0 Å². The third-order valence-electron chi connectivity index (χ3n) is 5.11. The number of hydrogen-bond acceptors (Lipinski definition) is 7. The predicted molar refractivity (Wildman–Crippen MR) is 102 cm³/mol. The Kier molecular flexibility index (Phi) is 4.78. The largest absolute Gasteiger partial charge is 0.380 e. The molecule has 146 valence electrons. The van der Waals surface area contributed by atoms with Crippen molar-refractivity contribution in [1.29, 1.82) is 0 Å². The molecule has 0 amide bonds. The maximum Gasteiger partial charge on any atom is 0.259 e. The molecule has 28 heavy (non-hydrogen) atoms. The lowest BCUT2D eigenvalue weighted by molar-refractivity contribution is -0.0449. The van der Waals surface area contributed by atoms with E-state index in [-0.39, 0.29) is 15.7 Å². The minimum atomic E-state index is -3.57. The Bertz CT molecular complexity index is 1050. The summed E-state index contributed by atoms with van der Waals surface area (Å²) >= 11 is 0. The Morgan fingerprint density at radius 3 is 2.25 bits per heavy atom. The number of rotatable bonds is 4. The van der Waals surface area contributed by atoms with Gasteiger partial charge in [0.2, 0.25) is 15.7 Å². The summed E-state index contributed by atoms with van der Waals surface area (Å²) in [5.74, 6) is 0.530. The van der Waals surface area contributed by atoms with E-state index in [2.05, 4.69) is 15.0 Å². The topological polar surface area (TPSA) is 96.5 Å². The second kappa shape index (κ2) is 7.12. The van der Waals surface area contributed by atoms with Gasteiger partial charge in [0.15, 0.2) is 0 Å². The van der Waals surface area contributed by atoms with Crippen molar-refractivity contribution >= 4 is 9.84 Å². The van der Waals surface area contributed by atoms with Crippen LogP contribution < -0.4 is 0 Å². The number of likely N-dealkylation sites (tertiary alicyclic amines) is 1. The van der Waals surface area contributed by atoms with E-state index >= 15 is 0 Å². The Hall–Kier alpha value is -2.55.